The van der Waals surface area contributed by atoms with Crippen LogP contribution in [0.25, 0.3) is 0 Å². The molecule has 0 spiro atoms. The van der Waals surface area contributed by atoms with Gasteiger partial charge in [0.15, 0.2) is 0 Å². The van der Waals surface area contributed by atoms with E-state index in [1.54, 1.807) is 0 Å². The van der Waals surface area contributed by atoms with E-state index < -0.39 is 0 Å². The Kier molecular flexibility index (Phi) is 5.25. The fraction of sp³-hybridized carbons (Fsp3) is 0.786. The number of aromatic nitrogens is 2. The van der Waals surface area contributed by atoms with Gasteiger partial charge in [-0.15, -0.1) is 0 Å². The molecule has 1 saturated heterocycles. The Balaban J connectivity index is 2.13. The van der Waals surface area contributed by atoms with Crippen molar-refractivity contribution in [3.8, 4) is 0 Å². The van der Waals surface area contributed by atoms with E-state index in [9.17, 15) is 0 Å². The lowest BCUT2D eigenvalue weighted by Crippen LogP contribution is -2.43. The Bertz CT molecular complexity index is 410. The molecule has 1 aromatic rings. The average molecular weight is 285 g/mol. The summed E-state index contributed by atoms with van der Waals surface area (Å²) in [4.78, 5) is 2.54. The molecule has 4 nitrogen and oxygen atoms in total. The van der Waals surface area contributed by atoms with Gasteiger partial charge in [-0.3, -0.25) is 9.58 Å². The summed E-state index contributed by atoms with van der Waals surface area (Å²) < 4.78 is 2.04. The summed E-state index contributed by atoms with van der Waals surface area (Å²) in [6.07, 6.45) is 2.45. The molecule has 1 fully saturated rings. The topological polar surface area (TPSA) is 33.1 Å². The zero-order valence-electron chi connectivity index (χ0n) is 12.2. The number of halogens is 1. The third-order valence-electron chi connectivity index (χ3n) is 4.04. The lowest BCUT2D eigenvalue weighted by atomic mass is 10.0. The van der Waals surface area contributed by atoms with Crippen LogP contribution in [0.3, 0.4) is 0 Å². The second kappa shape index (κ2) is 6.73. The minimum atomic E-state index is 0.669. The van der Waals surface area contributed by atoms with Crippen molar-refractivity contribution in [3.63, 3.8) is 0 Å². The Labute approximate surface area is 121 Å². The molecule has 0 amide bonds. The van der Waals surface area contributed by atoms with Crippen molar-refractivity contribution >= 4 is 11.6 Å². The van der Waals surface area contributed by atoms with Gasteiger partial charge >= 0.3 is 0 Å². The molecular formula is C14H25ClN4. The summed E-state index contributed by atoms with van der Waals surface area (Å²) in [6.45, 7) is 11.4. The van der Waals surface area contributed by atoms with Gasteiger partial charge in [0.05, 0.1) is 16.4 Å². The first-order valence-corrected chi connectivity index (χ1v) is 7.71. The van der Waals surface area contributed by atoms with E-state index in [1.807, 2.05) is 11.6 Å². The first-order valence-electron chi connectivity index (χ1n) is 7.33. The van der Waals surface area contributed by atoms with Crippen LogP contribution in [-0.2, 0) is 13.1 Å². The van der Waals surface area contributed by atoms with Crippen LogP contribution in [0.2, 0.25) is 5.02 Å². The Morgan fingerprint density at radius 2 is 2.05 bits per heavy atom. The van der Waals surface area contributed by atoms with Crippen molar-refractivity contribution in [2.75, 3.05) is 19.6 Å². The van der Waals surface area contributed by atoms with Crippen LogP contribution in [0.5, 0.6) is 0 Å². The fourth-order valence-electron chi connectivity index (χ4n) is 2.88. The van der Waals surface area contributed by atoms with Gasteiger partial charge in [0, 0.05) is 19.1 Å². The molecule has 0 unspecified atom stereocenters. The summed E-state index contributed by atoms with van der Waals surface area (Å²) in [5, 5.41) is 8.77. The van der Waals surface area contributed by atoms with Crippen LogP contribution in [0.15, 0.2) is 0 Å². The van der Waals surface area contributed by atoms with E-state index in [0.29, 0.717) is 6.04 Å². The van der Waals surface area contributed by atoms with E-state index >= 15 is 0 Å². The molecule has 1 N–H and O–H groups in total. The van der Waals surface area contributed by atoms with Crippen molar-refractivity contribution in [2.45, 2.75) is 52.7 Å². The summed E-state index contributed by atoms with van der Waals surface area (Å²) in [5.74, 6) is 0. The van der Waals surface area contributed by atoms with E-state index in [0.717, 1.165) is 43.4 Å². The van der Waals surface area contributed by atoms with E-state index in [1.165, 1.54) is 18.5 Å². The van der Waals surface area contributed by atoms with Gasteiger partial charge in [0.2, 0.25) is 0 Å². The molecule has 1 aromatic heterocycles. The smallest absolute Gasteiger partial charge is 0.0860 e. The number of hydrogen-bond donors (Lipinski definition) is 1. The summed E-state index contributed by atoms with van der Waals surface area (Å²) >= 11 is 6.41. The normalized spacial score (nSPS) is 17.3. The standard InChI is InChI=1S/C14H25ClN4/c1-4-18(12-6-8-16-9-7-12)10-13-14(15)11(3)17-19(13)5-2/h12,16H,4-10H2,1-3H3. The third-order valence-corrected chi connectivity index (χ3v) is 4.53. The largest absolute Gasteiger partial charge is 0.317 e. The second-order valence-electron chi connectivity index (χ2n) is 5.21. The fourth-order valence-corrected chi connectivity index (χ4v) is 3.08. The molecule has 2 heterocycles. The summed E-state index contributed by atoms with van der Waals surface area (Å²) in [6, 6.07) is 0.669. The average Bonchev–Trinajstić information content (AvgIpc) is 2.72. The van der Waals surface area contributed by atoms with Crippen molar-refractivity contribution in [1.29, 1.82) is 0 Å². The molecule has 0 saturated carbocycles. The van der Waals surface area contributed by atoms with Crippen LogP contribution < -0.4 is 5.32 Å². The Morgan fingerprint density at radius 3 is 2.63 bits per heavy atom. The lowest BCUT2D eigenvalue weighted by Gasteiger charge is -2.34. The predicted molar refractivity (Wildman–Crippen MR) is 79.6 cm³/mol. The molecule has 108 valence electrons. The van der Waals surface area contributed by atoms with E-state index in [2.05, 4.69) is 29.2 Å². The van der Waals surface area contributed by atoms with Gasteiger partial charge < -0.3 is 5.32 Å². The SMILES string of the molecule is CCN(Cc1c(Cl)c(C)nn1CC)C1CCNCC1. The number of nitrogens with one attached hydrogen (secondary N) is 1. The molecule has 2 rings (SSSR count). The van der Waals surface area contributed by atoms with Crippen LogP contribution in [0.1, 0.15) is 38.1 Å². The minimum Gasteiger partial charge on any atom is -0.317 e. The predicted octanol–water partition coefficient (Wildman–Crippen LogP) is 2.44. The van der Waals surface area contributed by atoms with Crippen molar-refractivity contribution in [3.05, 3.63) is 16.4 Å². The molecule has 0 radical (unpaired) electrons. The molecule has 5 heteroatoms. The molecule has 0 aromatic carbocycles. The molecule has 1 aliphatic heterocycles. The van der Waals surface area contributed by atoms with E-state index in [-0.39, 0.29) is 0 Å². The molecule has 0 bridgehead atoms. The molecule has 19 heavy (non-hydrogen) atoms. The number of hydrogen-bond acceptors (Lipinski definition) is 3. The van der Waals surface area contributed by atoms with Crippen molar-refractivity contribution in [1.82, 2.24) is 20.0 Å². The number of rotatable bonds is 5. The maximum Gasteiger partial charge on any atom is 0.0860 e. The van der Waals surface area contributed by atoms with E-state index in [4.69, 9.17) is 11.6 Å². The maximum absolute atomic E-state index is 6.41. The highest BCUT2D eigenvalue weighted by Crippen LogP contribution is 2.24. The molecule has 1 aliphatic rings. The second-order valence-corrected chi connectivity index (χ2v) is 5.58. The van der Waals surface area contributed by atoms with Crippen LogP contribution in [0, 0.1) is 6.92 Å². The summed E-state index contributed by atoms with van der Waals surface area (Å²) in [7, 11) is 0. The van der Waals surface area contributed by atoms with Crippen LogP contribution in [-0.4, -0.2) is 40.4 Å². The number of nitrogens with zero attached hydrogens (tertiary/aromatic N) is 3. The maximum atomic E-state index is 6.41. The Hall–Kier alpha value is -0.580. The van der Waals surface area contributed by atoms with Crippen LogP contribution in [0.4, 0.5) is 0 Å². The van der Waals surface area contributed by atoms with Crippen molar-refractivity contribution in [2.24, 2.45) is 0 Å². The Morgan fingerprint density at radius 1 is 1.37 bits per heavy atom. The molecule has 0 atom stereocenters. The monoisotopic (exact) mass is 284 g/mol. The third kappa shape index (κ3) is 3.30. The highest BCUT2D eigenvalue weighted by Gasteiger charge is 2.22. The summed E-state index contributed by atoms with van der Waals surface area (Å²) in [5.41, 5.74) is 2.11. The van der Waals surface area contributed by atoms with Gasteiger partial charge in [-0.1, -0.05) is 18.5 Å². The van der Waals surface area contributed by atoms with Gasteiger partial charge in [0.1, 0.15) is 0 Å². The number of piperidine rings is 1. The molecule has 0 aliphatic carbocycles. The molecular weight excluding hydrogens is 260 g/mol. The quantitative estimate of drug-likeness (QED) is 0.902. The highest BCUT2D eigenvalue weighted by molar-refractivity contribution is 6.31. The van der Waals surface area contributed by atoms with Gasteiger partial charge in [-0.2, -0.15) is 5.10 Å². The van der Waals surface area contributed by atoms with Gasteiger partial charge in [-0.25, -0.2) is 0 Å². The van der Waals surface area contributed by atoms with Gasteiger partial charge in [0.25, 0.3) is 0 Å². The lowest BCUT2D eigenvalue weighted by molar-refractivity contribution is 0.158. The number of aryl methyl sites for hydroxylation is 2. The zero-order valence-corrected chi connectivity index (χ0v) is 13.0. The first kappa shape index (κ1) is 14.8. The van der Waals surface area contributed by atoms with Crippen molar-refractivity contribution < 1.29 is 0 Å². The van der Waals surface area contributed by atoms with Gasteiger partial charge in [-0.05, 0) is 46.3 Å². The first-order chi connectivity index (χ1) is 9.17. The zero-order chi connectivity index (χ0) is 13.8. The van der Waals surface area contributed by atoms with Crippen LogP contribution >= 0.6 is 11.6 Å². The highest BCUT2D eigenvalue weighted by atomic mass is 35.5. The minimum absolute atomic E-state index is 0.669.